The van der Waals surface area contributed by atoms with Gasteiger partial charge in [-0.2, -0.15) is 4.31 Å². The predicted molar refractivity (Wildman–Crippen MR) is 119 cm³/mol. The average Bonchev–Trinajstić information content (AvgIpc) is 3.32. The van der Waals surface area contributed by atoms with E-state index < -0.39 is 10.0 Å². The number of nitrogens with zero attached hydrogens (tertiary/aromatic N) is 4. The molecule has 1 aromatic carbocycles. The van der Waals surface area contributed by atoms with Crippen molar-refractivity contribution in [3.63, 3.8) is 0 Å². The molecule has 0 aliphatic carbocycles. The lowest BCUT2D eigenvalue weighted by Crippen LogP contribution is -2.45. The summed E-state index contributed by atoms with van der Waals surface area (Å²) in [5.74, 6) is 2.08. The number of aromatic nitrogens is 2. The molecule has 31 heavy (non-hydrogen) atoms. The highest BCUT2D eigenvalue weighted by molar-refractivity contribution is 7.89. The maximum atomic E-state index is 13.3. The van der Waals surface area contributed by atoms with Crippen molar-refractivity contribution >= 4 is 10.0 Å². The van der Waals surface area contributed by atoms with Gasteiger partial charge in [-0.25, -0.2) is 8.42 Å². The van der Waals surface area contributed by atoms with Crippen LogP contribution in [-0.4, -0.2) is 61.0 Å². The zero-order valence-corrected chi connectivity index (χ0v) is 19.9. The van der Waals surface area contributed by atoms with Crippen molar-refractivity contribution in [3.05, 3.63) is 41.6 Å². The van der Waals surface area contributed by atoms with Gasteiger partial charge < -0.3 is 9.32 Å². The van der Waals surface area contributed by atoms with Crippen molar-refractivity contribution in [3.8, 4) is 0 Å². The Morgan fingerprint density at radius 1 is 1.16 bits per heavy atom. The van der Waals surface area contributed by atoms with Gasteiger partial charge in [-0.15, -0.1) is 10.2 Å². The summed E-state index contributed by atoms with van der Waals surface area (Å²) in [5, 5.41) is 8.48. The average molecular weight is 447 g/mol. The van der Waals surface area contributed by atoms with E-state index in [2.05, 4.69) is 36.0 Å². The van der Waals surface area contributed by atoms with Crippen molar-refractivity contribution in [2.24, 2.45) is 11.3 Å². The van der Waals surface area contributed by atoms with E-state index >= 15 is 0 Å². The number of aryl methyl sites for hydroxylation is 1. The fourth-order valence-electron chi connectivity index (χ4n) is 5.20. The van der Waals surface area contributed by atoms with Crippen LogP contribution in [0.25, 0.3) is 0 Å². The normalized spacial score (nSPS) is 22.5. The second kappa shape index (κ2) is 8.64. The SMILES string of the molecule is CCc1nnc(C2CN(C)CC23CCN(S(=O)(=O)c2ccc(CC(C)C)cc2)CC3)o1. The second-order valence-corrected chi connectivity index (χ2v) is 11.6. The molecule has 0 amide bonds. The quantitative estimate of drug-likeness (QED) is 0.677. The minimum Gasteiger partial charge on any atom is -0.425 e. The van der Waals surface area contributed by atoms with Gasteiger partial charge >= 0.3 is 0 Å². The fourth-order valence-corrected chi connectivity index (χ4v) is 6.65. The molecule has 1 spiro atoms. The lowest BCUT2D eigenvalue weighted by atomic mass is 9.71. The van der Waals surface area contributed by atoms with Crippen molar-refractivity contribution in [1.82, 2.24) is 19.4 Å². The Hall–Kier alpha value is -1.77. The van der Waals surface area contributed by atoms with Gasteiger partial charge in [0.05, 0.1) is 10.8 Å². The minimum atomic E-state index is -3.48. The number of rotatable bonds is 6. The Kier molecular flexibility index (Phi) is 6.25. The van der Waals surface area contributed by atoms with Crippen LogP contribution >= 0.6 is 0 Å². The molecule has 2 fully saturated rings. The number of piperidine rings is 1. The minimum absolute atomic E-state index is 0.0144. The van der Waals surface area contributed by atoms with Crippen LogP contribution < -0.4 is 0 Å². The van der Waals surface area contributed by atoms with Crippen LogP contribution in [0.4, 0.5) is 0 Å². The summed E-state index contributed by atoms with van der Waals surface area (Å²) in [7, 11) is -1.37. The monoisotopic (exact) mass is 446 g/mol. The van der Waals surface area contributed by atoms with Gasteiger partial charge in [0.25, 0.3) is 0 Å². The van der Waals surface area contributed by atoms with Crippen LogP contribution in [-0.2, 0) is 22.9 Å². The summed E-state index contributed by atoms with van der Waals surface area (Å²) in [4.78, 5) is 2.69. The zero-order valence-electron chi connectivity index (χ0n) is 19.0. The van der Waals surface area contributed by atoms with E-state index in [1.165, 1.54) is 5.56 Å². The number of benzene rings is 1. The van der Waals surface area contributed by atoms with Crippen molar-refractivity contribution in [2.75, 3.05) is 33.2 Å². The molecule has 1 atom stereocenters. The third kappa shape index (κ3) is 4.43. The van der Waals surface area contributed by atoms with Crippen LogP contribution in [0.1, 0.15) is 56.9 Å². The Morgan fingerprint density at radius 2 is 1.84 bits per heavy atom. The number of hydrogen-bond acceptors (Lipinski definition) is 6. The lowest BCUT2D eigenvalue weighted by molar-refractivity contribution is 0.134. The molecule has 0 N–H and O–H groups in total. The molecule has 170 valence electrons. The van der Waals surface area contributed by atoms with Gasteiger partial charge in [0, 0.05) is 32.6 Å². The largest absolute Gasteiger partial charge is 0.425 e. The molecule has 7 nitrogen and oxygen atoms in total. The predicted octanol–water partition coefficient (Wildman–Crippen LogP) is 3.33. The van der Waals surface area contributed by atoms with Crippen LogP contribution in [0.5, 0.6) is 0 Å². The molecule has 2 saturated heterocycles. The molecular weight excluding hydrogens is 412 g/mol. The molecule has 3 heterocycles. The van der Waals surface area contributed by atoms with Crippen molar-refractivity contribution in [1.29, 1.82) is 0 Å². The maximum absolute atomic E-state index is 13.3. The summed E-state index contributed by atoms with van der Waals surface area (Å²) in [6, 6.07) is 7.41. The summed E-state index contributed by atoms with van der Waals surface area (Å²) >= 11 is 0. The molecular formula is C23H34N4O3S. The highest BCUT2D eigenvalue weighted by Crippen LogP contribution is 2.49. The standard InChI is InChI=1S/C23H34N4O3S/c1-5-21-24-25-22(30-21)20-15-26(4)16-23(20)10-12-27(13-11-23)31(28,29)19-8-6-18(7-9-19)14-17(2)3/h6-9,17,20H,5,10-16H2,1-4H3. The van der Waals surface area contributed by atoms with Gasteiger partial charge in [-0.1, -0.05) is 32.9 Å². The van der Waals surface area contributed by atoms with E-state index in [0.717, 1.165) is 38.8 Å². The lowest BCUT2D eigenvalue weighted by Gasteiger charge is -2.41. The number of hydrogen-bond donors (Lipinski definition) is 0. The molecule has 2 aromatic rings. The molecule has 0 saturated carbocycles. The van der Waals surface area contributed by atoms with E-state index in [0.29, 0.717) is 35.7 Å². The summed E-state index contributed by atoms with van der Waals surface area (Å²) in [5.41, 5.74) is 1.16. The molecule has 1 unspecified atom stereocenters. The maximum Gasteiger partial charge on any atom is 0.243 e. The third-order valence-corrected chi connectivity index (χ3v) is 8.74. The number of likely N-dealkylation sites (tertiary alicyclic amines) is 1. The topological polar surface area (TPSA) is 79.5 Å². The number of likely N-dealkylation sites (N-methyl/N-ethyl adjacent to an activating group) is 1. The van der Waals surface area contributed by atoms with Crippen molar-refractivity contribution < 1.29 is 12.8 Å². The first-order valence-electron chi connectivity index (χ1n) is 11.3. The van der Waals surface area contributed by atoms with Crippen LogP contribution in [0.15, 0.2) is 33.6 Å². The van der Waals surface area contributed by atoms with Gasteiger partial charge in [-0.3, -0.25) is 0 Å². The number of sulfonamides is 1. The van der Waals surface area contributed by atoms with E-state index in [-0.39, 0.29) is 11.3 Å². The van der Waals surface area contributed by atoms with Crippen LogP contribution in [0.3, 0.4) is 0 Å². The highest BCUT2D eigenvalue weighted by Gasteiger charge is 2.51. The fraction of sp³-hybridized carbons (Fsp3) is 0.652. The zero-order chi connectivity index (χ0) is 22.2. The Morgan fingerprint density at radius 3 is 2.42 bits per heavy atom. The van der Waals surface area contributed by atoms with E-state index in [4.69, 9.17) is 4.42 Å². The van der Waals surface area contributed by atoms with Crippen molar-refractivity contribution in [2.45, 2.75) is 57.3 Å². The van der Waals surface area contributed by atoms with Gasteiger partial charge in [0.2, 0.25) is 21.8 Å². The van der Waals surface area contributed by atoms with Gasteiger partial charge in [0.15, 0.2) is 0 Å². The third-order valence-electron chi connectivity index (χ3n) is 6.82. The molecule has 4 rings (SSSR count). The molecule has 1 aromatic heterocycles. The first-order chi connectivity index (χ1) is 14.7. The Bertz CT molecular complexity index is 992. The first-order valence-corrected chi connectivity index (χ1v) is 12.8. The van der Waals surface area contributed by atoms with Gasteiger partial charge in [0.1, 0.15) is 0 Å². The smallest absolute Gasteiger partial charge is 0.243 e. The molecule has 2 aliphatic rings. The second-order valence-electron chi connectivity index (χ2n) is 9.65. The molecule has 0 bridgehead atoms. The molecule has 0 radical (unpaired) electrons. The Labute approximate surface area is 185 Å². The van der Waals surface area contributed by atoms with Gasteiger partial charge in [-0.05, 0) is 55.3 Å². The summed E-state index contributed by atoms with van der Waals surface area (Å²) in [6.45, 7) is 9.18. The van der Waals surface area contributed by atoms with E-state index in [1.54, 1.807) is 16.4 Å². The van der Waals surface area contributed by atoms with E-state index in [1.807, 2.05) is 19.1 Å². The molecule has 2 aliphatic heterocycles. The highest BCUT2D eigenvalue weighted by atomic mass is 32.2. The summed E-state index contributed by atoms with van der Waals surface area (Å²) < 4.78 is 34.1. The van der Waals surface area contributed by atoms with E-state index in [9.17, 15) is 8.42 Å². The summed E-state index contributed by atoms with van der Waals surface area (Å²) in [6.07, 6.45) is 3.29. The first kappa shape index (κ1) is 22.4. The van der Waals surface area contributed by atoms with Crippen LogP contribution in [0.2, 0.25) is 0 Å². The Balaban J connectivity index is 1.49. The van der Waals surface area contributed by atoms with Crippen LogP contribution in [0, 0.1) is 11.3 Å². The molecule has 8 heteroatoms.